The Morgan fingerprint density at radius 2 is 2.00 bits per heavy atom. The summed E-state index contributed by atoms with van der Waals surface area (Å²) in [6.45, 7) is 7.35. The summed E-state index contributed by atoms with van der Waals surface area (Å²) in [6.07, 6.45) is 4.36. The van der Waals surface area contributed by atoms with Gasteiger partial charge in [-0.25, -0.2) is 9.97 Å². The molecule has 0 aliphatic heterocycles. The molecule has 3 heteroatoms. The second-order valence-corrected chi connectivity index (χ2v) is 4.87. The smallest absolute Gasteiger partial charge is 0.115 e. The number of hydrogen-bond acceptors (Lipinski definition) is 3. The van der Waals surface area contributed by atoms with Gasteiger partial charge in [0.15, 0.2) is 0 Å². The van der Waals surface area contributed by atoms with Gasteiger partial charge in [0.05, 0.1) is 11.7 Å². The van der Waals surface area contributed by atoms with E-state index in [2.05, 4.69) is 54.3 Å². The van der Waals surface area contributed by atoms with Crippen LogP contribution < -0.4 is 5.32 Å². The SMILES string of the molecule is CCNC(Cc1ccc(C)c(C)c1)c1ccncn1. The van der Waals surface area contributed by atoms with Crippen molar-refractivity contribution in [2.45, 2.75) is 33.2 Å². The van der Waals surface area contributed by atoms with E-state index in [1.165, 1.54) is 16.7 Å². The third kappa shape index (κ3) is 3.61. The molecule has 3 nitrogen and oxygen atoms in total. The average Bonchev–Trinajstić information content (AvgIpc) is 2.43. The zero-order valence-corrected chi connectivity index (χ0v) is 11.9. The molecular formula is C16H21N3. The Balaban J connectivity index is 2.19. The van der Waals surface area contributed by atoms with E-state index in [9.17, 15) is 0 Å². The highest BCUT2D eigenvalue weighted by molar-refractivity contribution is 5.31. The van der Waals surface area contributed by atoms with Gasteiger partial charge in [-0.2, -0.15) is 0 Å². The topological polar surface area (TPSA) is 37.8 Å². The van der Waals surface area contributed by atoms with Crippen LogP contribution >= 0.6 is 0 Å². The lowest BCUT2D eigenvalue weighted by Gasteiger charge is -2.17. The predicted molar refractivity (Wildman–Crippen MR) is 78.1 cm³/mol. The van der Waals surface area contributed by atoms with Crippen LogP contribution in [0.5, 0.6) is 0 Å². The third-order valence-corrected chi connectivity index (χ3v) is 3.42. The molecule has 0 radical (unpaired) electrons. The second kappa shape index (κ2) is 6.43. The normalized spacial score (nSPS) is 12.4. The first kappa shape index (κ1) is 13.7. The number of benzene rings is 1. The van der Waals surface area contributed by atoms with E-state index < -0.39 is 0 Å². The molecule has 0 aliphatic rings. The molecule has 1 unspecified atom stereocenters. The van der Waals surface area contributed by atoms with Crippen molar-refractivity contribution >= 4 is 0 Å². The average molecular weight is 255 g/mol. The van der Waals surface area contributed by atoms with E-state index in [-0.39, 0.29) is 6.04 Å². The van der Waals surface area contributed by atoms with Crippen molar-refractivity contribution in [3.8, 4) is 0 Å². The minimum Gasteiger partial charge on any atom is -0.309 e. The van der Waals surface area contributed by atoms with Crippen LogP contribution in [0.2, 0.25) is 0 Å². The first-order valence-electron chi connectivity index (χ1n) is 6.76. The highest BCUT2D eigenvalue weighted by atomic mass is 14.9. The van der Waals surface area contributed by atoms with Gasteiger partial charge in [-0.3, -0.25) is 0 Å². The Morgan fingerprint density at radius 1 is 1.16 bits per heavy atom. The van der Waals surface area contributed by atoms with E-state index in [4.69, 9.17) is 0 Å². The highest BCUT2D eigenvalue weighted by Gasteiger charge is 2.12. The summed E-state index contributed by atoms with van der Waals surface area (Å²) in [5, 5.41) is 3.49. The van der Waals surface area contributed by atoms with Crippen LogP contribution in [0, 0.1) is 13.8 Å². The summed E-state index contributed by atoms with van der Waals surface area (Å²) >= 11 is 0. The number of aryl methyl sites for hydroxylation is 2. The number of aromatic nitrogens is 2. The summed E-state index contributed by atoms with van der Waals surface area (Å²) in [5.41, 5.74) is 5.07. The Hall–Kier alpha value is -1.74. The fourth-order valence-electron chi connectivity index (χ4n) is 2.20. The summed E-state index contributed by atoms with van der Waals surface area (Å²) in [5.74, 6) is 0. The van der Waals surface area contributed by atoms with Gasteiger partial charge in [0.1, 0.15) is 6.33 Å². The molecule has 0 fully saturated rings. The van der Waals surface area contributed by atoms with Crippen molar-refractivity contribution in [2.75, 3.05) is 6.54 Å². The summed E-state index contributed by atoms with van der Waals surface area (Å²) < 4.78 is 0. The molecule has 2 aromatic rings. The maximum absolute atomic E-state index is 4.36. The lowest BCUT2D eigenvalue weighted by Crippen LogP contribution is -2.24. The third-order valence-electron chi connectivity index (χ3n) is 3.42. The van der Waals surface area contributed by atoms with Gasteiger partial charge in [0, 0.05) is 6.20 Å². The fourth-order valence-corrected chi connectivity index (χ4v) is 2.20. The first-order chi connectivity index (χ1) is 9.20. The largest absolute Gasteiger partial charge is 0.309 e. The van der Waals surface area contributed by atoms with Crippen LogP contribution in [-0.2, 0) is 6.42 Å². The molecule has 0 spiro atoms. The Morgan fingerprint density at radius 3 is 2.63 bits per heavy atom. The monoisotopic (exact) mass is 255 g/mol. The van der Waals surface area contributed by atoms with E-state index >= 15 is 0 Å². The van der Waals surface area contributed by atoms with Gasteiger partial charge >= 0.3 is 0 Å². The van der Waals surface area contributed by atoms with Crippen molar-refractivity contribution < 1.29 is 0 Å². The summed E-state index contributed by atoms with van der Waals surface area (Å²) in [4.78, 5) is 8.34. The molecule has 1 N–H and O–H groups in total. The Kier molecular flexibility index (Phi) is 4.63. The van der Waals surface area contributed by atoms with Gasteiger partial charge in [-0.05, 0) is 49.6 Å². The molecule has 1 aromatic heterocycles. The molecule has 0 bridgehead atoms. The molecule has 1 atom stereocenters. The number of rotatable bonds is 5. The predicted octanol–water partition coefficient (Wildman–Crippen LogP) is 2.99. The van der Waals surface area contributed by atoms with Gasteiger partial charge < -0.3 is 5.32 Å². The van der Waals surface area contributed by atoms with Crippen molar-refractivity contribution in [1.82, 2.24) is 15.3 Å². The quantitative estimate of drug-likeness (QED) is 0.892. The van der Waals surface area contributed by atoms with Crippen molar-refractivity contribution in [2.24, 2.45) is 0 Å². The molecule has 0 saturated carbocycles. The molecular weight excluding hydrogens is 234 g/mol. The molecule has 1 heterocycles. The lowest BCUT2D eigenvalue weighted by atomic mass is 9.99. The Bertz CT molecular complexity index is 523. The van der Waals surface area contributed by atoms with Crippen molar-refractivity contribution in [3.63, 3.8) is 0 Å². The van der Waals surface area contributed by atoms with E-state index in [1.807, 2.05) is 6.07 Å². The maximum atomic E-state index is 4.36. The number of nitrogens with zero attached hydrogens (tertiary/aromatic N) is 2. The number of nitrogens with one attached hydrogen (secondary N) is 1. The molecule has 19 heavy (non-hydrogen) atoms. The minimum absolute atomic E-state index is 0.245. The van der Waals surface area contributed by atoms with Crippen molar-refractivity contribution in [1.29, 1.82) is 0 Å². The van der Waals surface area contributed by atoms with Crippen LogP contribution in [0.1, 0.15) is 35.3 Å². The second-order valence-electron chi connectivity index (χ2n) is 4.87. The molecule has 0 saturated heterocycles. The molecule has 0 aliphatic carbocycles. The van der Waals surface area contributed by atoms with Crippen LogP contribution in [-0.4, -0.2) is 16.5 Å². The summed E-state index contributed by atoms with van der Waals surface area (Å²) in [7, 11) is 0. The first-order valence-corrected chi connectivity index (χ1v) is 6.76. The van der Waals surface area contributed by atoms with E-state index in [0.717, 1.165) is 18.7 Å². The molecule has 2 rings (SSSR count). The van der Waals surface area contributed by atoms with E-state index in [1.54, 1.807) is 12.5 Å². The Labute approximate surface area is 115 Å². The van der Waals surface area contributed by atoms with Gasteiger partial charge in [-0.1, -0.05) is 25.1 Å². The zero-order valence-electron chi connectivity index (χ0n) is 11.9. The van der Waals surface area contributed by atoms with Crippen molar-refractivity contribution in [3.05, 3.63) is 59.2 Å². The van der Waals surface area contributed by atoms with Crippen LogP contribution in [0.25, 0.3) is 0 Å². The molecule has 0 amide bonds. The molecule has 100 valence electrons. The van der Waals surface area contributed by atoms with Gasteiger partial charge in [0.25, 0.3) is 0 Å². The highest BCUT2D eigenvalue weighted by Crippen LogP contribution is 2.18. The van der Waals surface area contributed by atoms with Gasteiger partial charge in [0.2, 0.25) is 0 Å². The lowest BCUT2D eigenvalue weighted by molar-refractivity contribution is 0.535. The zero-order chi connectivity index (χ0) is 13.7. The van der Waals surface area contributed by atoms with Crippen LogP contribution in [0.4, 0.5) is 0 Å². The van der Waals surface area contributed by atoms with Crippen LogP contribution in [0.15, 0.2) is 36.8 Å². The van der Waals surface area contributed by atoms with Crippen LogP contribution in [0.3, 0.4) is 0 Å². The number of likely N-dealkylation sites (N-methyl/N-ethyl adjacent to an activating group) is 1. The fraction of sp³-hybridized carbons (Fsp3) is 0.375. The molecule has 1 aromatic carbocycles. The van der Waals surface area contributed by atoms with Gasteiger partial charge in [-0.15, -0.1) is 0 Å². The minimum atomic E-state index is 0.245. The number of hydrogen-bond donors (Lipinski definition) is 1. The summed E-state index contributed by atoms with van der Waals surface area (Å²) in [6, 6.07) is 8.88. The van der Waals surface area contributed by atoms with E-state index in [0.29, 0.717) is 0 Å². The maximum Gasteiger partial charge on any atom is 0.115 e. The standard InChI is InChI=1S/C16H21N3/c1-4-18-16(15-7-8-17-11-19-15)10-14-6-5-12(2)13(3)9-14/h5-9,11,16,18H,4,10H2,1-3H3.